The van der Waals surface area contributed by atoms with Crippen molar-refractivity contribution in [1.82, 2.24) is 0 Å². The highest BCUT2D eigenvalue weighted by Crippen LogP contribution is 2.31. The molecule has 0 radical (unpaired) electrons. The lowest BCUT2D eigenvalue weighted by Gasteiger charge is -2.44. The summed E-state index contributed by atoms with van der Waals surface area (Å²) in [5.74, 6) is 4.94. The topological polar surface area (TPSA) is 104 Å². The van der Waals surface area contributed by atoms with Crippen LogP contribution in [0.5, 0.6) is 0 Å². The molecular weight excluding hydrogens is 632 g/mol. The second kappa shape index (κ2) is 18.6. The number of Topliss-reactive ketones (excluding diaryl/α,β-unsaturated/α-hetero) is 1. The summed E-state index contributed by atoms with van der Waals surface area (Å²) >= 11 is 6.21. The van der Waals surface area contributed by atoms with Gasteiger partial charge in [-0.2, -0.15) is 0 Å². The molecule has 0 aromatic heterocycles. The molecule has 0 aliphatic carbocycles. The van der Waals surface area contributed by atoms with Gasteiger partial charge in [-0.05, 0) is 42.4 Å². The van der Waals surface area contributed by atoms with Gasteiger partial charge < -0.3 is 33.9 Å². The van der Waals surface area contributed by atoms with E-state index in [1.165, 1.54) is 0 Å². The first kappa shape index (κ1) is 36.2. The van der Waals surface area contributed by atoms with Crippen molar-refractivity contribution in [2.75, 3.05) is 13.2 Å². The number of hydrogen-bond acceptors (Lipinski definition) is 8. The van der Waals surface area contributed by atoms with Crippen molar-refractivity contribution in [3.05, 3.63) is 108 Å². The zero-order valence-corrected chi connectivity index (χ0v) is 28.0. The average molecular weight is 677 g/mol. The minimum atomic E-state index is -1.08. The molecule has 2 saturated heterocycles. The highest BCUT2D eigenvalue weighted by Gasteiger charge is 2.47. The molecule has 8 nitrogen and oxygen atoms in total. The Kier molecular flexibility index (Phi) is 14.0. The van der Waals surface area contributed by atoms with Gasteiger partial charge in [0.1, 0.15) is 24.4 Å². The molecule has 48 heavy (non-hydrogen) atoms. The highest BCUT2D eigenvalue weighted by molar-refractivity contribution is 6.21. The number of rotatable bonds is 14. The molecule has 0 saturated carbocycles. The Bertz CT molecular complexity index is 1450. The van der Waals surface area contributed by atoms with E-state index in [0.717, 1.165) is 16.7 Å². The molecule has 0 amide bonds. The molecule has 1 unspecified atom stereocenters. The molecular formula is C39H45ClO8. The van der Waals surface area contributed by atoms with Crippen LogP contribution < -0.4 is 0 Å². The van der Waals surface area contributed by atoms with Crippen molar-refractivity contribution in [1.29, 1.82) is 0 Å². The van der Waals surface area contributed by atoms with Gasteiger partial charge in [0.15, 0.2) is 0 Å². The zero-order valence-electron chi connectivity index (χ0n) is 27.2. The summed E-state index contributed by atoms with van der Waals surface area (Å²) in [4.78, 5) is 12.9. The Hall–Kier alpha value is -3.10. The van der Waals surface area contributed by atoms with E-state index >= 15 is 0 Å². The lowest BCUT2D eigenvalue weighted by atomic mass is 9.91. The lowest BCUT2D eigenvalue weighted by Crippen LogP contribution is -2.60. The summed E-state index contributed by atoms with van der Waals surface area (Å²) in [6, 6.07) is 29.4. The van der Waals surface area contributed by atoms with E-state index in [4.69, 9.17) is 35.3 Å². The Morgan fingerprint density at radius 1 is 0.833 bits per heavy atom. The van der Waals surface area contributed by atoms with Crippen molar-refractivity contribution in [2.24, 2.45) is 5.92 Å². The predicted molar refractivity (Wildman–Crippen MR) is 182 cm³/mol. The number of benzene rings is 3. The standard InChI is InChI=1S/C39H45ClO8/c1-27(37-35(42)32(40)21-22-45-37)17-18-31(41)19-20-33-36(43)39(47-25-30-15-9-4-10-16-30)38(46-24-29-13-7-3-8-14-29)34(48-33)26-44-23-28-11-5-2-6-12-28/h2-16,27,32-39,42-43H,19-26H2,1H3/t27?,32-,33-,34+,35-,36-,37+,38-,39+/m0/s1. The first-order valence-electron chi connectivity index (χ1n) is 16.6. The number of ketones is 1. The van der Waals surface area contributed by atoms with Crippen LogP contribution in [0.15, 0.2) is 91.0 Å². The smallest absolute Gasteiger partial charge is 0.205 e. The number of carbonyl (C=O) groups is 1. The maximum absolute atomic E-state index is 12.9. The first-order chi connectivity index (χ1) is 23.4. The van der Waals surface area contributed by atoms with Crippen LogP contribution in [0.3, 0.4) is 0 Å². The second-order valence-corrected chi connectivity index (χ2v) is 12.9. The van der Waals surface area contributed by atoms with Crippen LogP contribution in [0, 0.1) is 17.8 Å². The quantitative estimate of drug-likeness (QED) is 0.136. The largest absolute Gasteiger partial charge is 0.389 e. The van der Waals surface area contributed by atoms with Crippen molar-refractivity contribution < 1.29 is 38.7 Å². The molecule has 0 spiro atoms. The Morgan fingerprint density at radius 2 is 1.40 bits per heavy atom. The predicted octanol–water partition coefficient (Wildman–Crippen LogP) is 5.25. The molecule has 0 bridgehead atoms. The van der Waals surface area contributed by atoms with E-state index in [0.29, 0.717) is 26.2 Å². The Morgan fingerprint density at radius 3 is 2.00 bits per heavy atom. The molecule has 2 fully saturated rings. The van der Waals surface area contributed by atoms with Crippen molar-refractivity contribution in [3.63, 3.8) is 0 Å². The summed E-state index contributed by atoms with van der Waals surface area (Å²) in [5, 5.41) is 21.7. The van der Waals surface area contributed by atoms with Crippen LogP contribution in [0.2, 0.25) is 0 Å². The fourth-order valence-corrected chi connectivity index (χ4v) is 6.25. The summed E-state index contributed by atoms with van der Waals surface area (Å²) in [7, 11) is 0. The van der Waals surface area contributed by atoms with Gasteiger partial charge in [-0.15, -0.1) is 11.6 Å². The number of halogens is 1. The number of carbonyl (C=O) groups excluding carboxylic acids is 1. The fourth-order valence-electron chi connectivity index (χ4n) is 6.01. The van der Waals surface area contributed by atoms with Crippen LogP contribution in [0.4, 0.5) is 0 Å². The van der Waals surface area contributed by atoms with Gasteiger partial charge in [0, 0.05) is 18.9 Å². The first-order valence-corrected chi connectivity index (χ1v) is 17.1. The third-order valence-electron chi connectivity index (χ3n) is 8.72. The number of aliphatic hydroxyl groups excluding tert-OH is 2. The third kappa shape index (κ3) is 10.4. The Labute approximate surface area is 288 Å². The maximum atomic E-state index is 12.9. The van der Waals surface area contributed by atoms with E-state index in [9.17, 15) is 15.0 Å². The van der Waals surface area contributed by atoms with Crippen molar-refractivity contribution in [2.45, 2.75) is 94.1 Å². The zero-order chi connectivity index (χ0) is 33.7. The molecule has 2 N–H and O–H groups in total. The minimum Gasteiger partial charge on any atom is -0.389 e. The summed E-state index contributed by atoms with van der Waals surface area (Å²) < 4.78 is 31.1. The minimum absolute atomic E-state index is 0.0617. The van der Waals surface area contributed by atoms with Crippen molar-refractivity contribution in [3.8, 4) is 11.8 Å². The van der Waals surface area contributed by atoms with E-state index in [-0.39, 0.29) is 37.8 Å². The van der Waals surface area contributed by atoms with Gasteiger partial charge in [-0.1, -0.05) is 96.9 Å². The average Bonchev–Trinajstić information content (AvgIpc) is 3.11. The van der Waals surface area contributed by atoms with E-state index in [1.807, 2.05) is 91.0 Å². The molecule has 2 aliphatic rings. The summed E-state index contributed by atoms with van der Waals surface area (Å²) in [5.41, 5.74) is 2.96. The molecule has 2 aliphatic heterocycles. The van der Waals surface area contributed by atoms with Gasteiger partial charge in [-0.25, -0.2) is 0 Å². The monoisotopic (exact) mass is 676 g/mol. The van der Waals surface area contributed by atoms with Crippen LogP contribution in [-0.2, 0) is 48.3 Å². The summed E-state index contributed by atoms with van der Waals surface area (Å²) in [6.07, 6.45) is -4.35. The molecule has 2 heterocycles. The SMILES string of the molecule is CC(C#CC(=O)CC[C@@H]1O[C@H](COCc2ccccc2)[C@H](OCc2ccccc2)[C@H](OCc2ccccc2)[C@H]1O)[C@H]1OCC[C@H](Cl)[C@@H]1O. The van der Waals surface area contributed by atoms with E-state index in [2.05, 4.69) is 11.8 Å². The van der Waals surface area contributed by atoms with E-state index in [1.54, 1.807) is 6.92 Å². The molecule has 3 aromatic carbocycles. The lowest BCUT2D eigenvalue weighted by molar-refractivity contribution is -0.262. The number of alkyl halides is 1. The van der Waals surface area contributed by atoms with Gasteiger partial charge in [-0.3, -0.25) is 4.79 Å². The molecule has 9 heteroatoms. The van der Waals surface area contributed by atoms with E-state index < -0.39 is 48.1 Å². The molecule has 5 rings (SSSR count). The Balaban J connectivity index is 1.29. The van der Waals surface area contributed by atoms with Crippen molar-refractivity contribution >= 4 is 17.4 Å². The number of aliphatic hydroxyl groups is 2. The van der Waals surface area contributed by atoms with Crippen LogP contribution in [0.1, 0.15) is 42.9 Å². The third-order valence-corrected chi connectivity index (χ3v) is 9.20. The van der Waals surface area contributed by atoms with Crippen LogP contribution >= 0.6 is 11.6 Å². The molecule has 3 aromatic rings. The number of ether oxygens (including phenoxy) is 5. The van der Waals surface area contributed by atoms with Crippen LogP contribution in [-0.4, -0.2) is 77.3 Å². The van der Waals surface area contributed by atoms with Crippen LogP contribution in [0.25, 0.3) is 0 Å². The normalized spacial score (nSPS) is 27.8. The summed E-state index contributed by atoms with van der Waals surface area (Å²) in [6.45, 7) is 3.37. The van der Waals surface area contributed by atoms with Gasteiger partial charge in [0.05, 0.1) is 50.1 Å². The van der Waals surface area contributed by atoms with Gasteiger partial charge in [0.2, 0.25) is 5.78 Å². The molecule has 256 valence electrons. The van der Waals surface area contributed by atoms with Gasteiger partial charge >= 0.3 is 0 Å². The van der Waals surface area contributed by atoms with Gasteiger partial charge in [0.25, 0.3) is 0 Å². The number of hydrogen-bond donors (Lipinski definition) is 2. The fraction of sp³-hybridized carbons (Fsp3) is 0.462. The second-order valence-electron chi connectivity index (χ2n) is 12.4. The maximum Gasteiger partial charge on any atom is 0.205 e. The highest BCUT2D eigenvalue weighted by atomic mass is 35.5. The molecule has 9 atom stereocenters.